The highest BCUT2D eigenvalue weighted by molar-refractivity contribution is 5.84. The van der Waals surface area contributed by atoms with Crippen molar-refractivity contribution in [1.82, 2.24) is 10.2 Å². The molecular formula is C17H27N3O. The van der Waals surface area contributed by atoms with Crippen LogP contribution >= 0.6 is 0 Å². The molecule has 1 aromatic carbocycles. The fraction of sp³-hybridized carbons (Fsp3) is 0.588. The highest BCUT2D eigenvalue weighted by atomic mass is 16.1. The van der Waals surface area contributed by atoms with Crippen LogP contribution in [0.1, 0.15) is 44.2 Å². The van der Waals surface area contributed by atoms with E-state index in [-0.39, 0.29) is 5.91 Å². The largest absolute Gasteiger partial charge is 0.368 e. The lowest BCUT2D eigenvalue weighted by Crippen LogP contribution is -2.53. The van der Waals surface area contributed by atoms with Crippen LogP contribution in [0.25, 0.3) is 0 Å². The third-order valence-corrected chi connectivity index (χ3v) is 4.42. The molecule has 1 aliphatic rings. The predicted molar refractivity (Wildman–Crippen MR) is 85.7 cm³/mol. The number of nitrogens with one attached hydrogen (secondary N) is 1. The van der Waals surface area contributed by atoms with Gasteiger partial charge in [-0.15, -0.1) is 0 Å². The van der Waals surface area contributed by atoms with Crippen molar-refractivity contribution < 1.29 is 4.79 Å². The quantitative estimate of drug-likeness (QED) is 0.720. The molecule has 1 aromatic rings. The van der Waals surface area contributed by atoms with Gasteiger partial charge in [0.15, 0.2) is 0 Å². The molecule has 4 heteroatoms. The van der Waals surface area contributed by atoms with Crippen molar-refractivity contribution in [2.75, 3.05) is 13.1 Å². The summed E-state index contributed by atoms with van der Waals surface area (Å²) in [6.45, 7) is 7.86. The van der Waals surface area contributed by atoms with Crippen LogP contribution in [0.5, 0.6) is 0 Å². The van der Waals surface area contributed by atoms with E-state index in [1.165, 1.54) is 11.1 Å². The second-order valence-electron chi connectivity index (χ2n) is 6.16. The van der Waals surface area contributed by atoms with Crippen molar-refractivity contribution >= 4 is 5.91 Å². The number of fused-ring (bicyclic) bond motifs is 1. The molecule has 0 fully saturated rings. The van der Waals surface area contributed by atoms with E-state index in [0.29, 0.717) is 0 Å². The van der Waals surface area contributed by atoms with Crippen LogP contribution in [0.4, 0.5) is 0 Å². The molecule has 0 radical (unpaired) electrons. The average molecular weight is 289 g/mol. The van der Waals surface area contributed by atoms with Gasteiger partial charge in [-0.05, 0) is 50.4 Å². The van der Waals surface area contributed by atoms with Gasteiger partial charge in [-0.25, -0.2) is 0 Å². The smallest absolute Gasteiger partial charge is 0.237 e. The Morgan fingerprint density at radius 2 is 1.90 bits per heavy atom. The van der Waals surface area contributed by atoms with E-state index in [1.54, 1.807) is 0 Å². The molecular weight excluding hydrogens is 262 g/mol. The first-order valence-electron chi connectivity index (χ1n) is 7.89. The maximum atomic E-state index is 11.6. The van der Waals surface area contributed by atoms with Crippen LogP contribution in [0.2, 0.25) is 0 Å². The van der Waals surface area contributed by atoms with E-state index in [9.17, 15) is 4.79 Å². The lowest BCUT2D eigenvalue weighted by atomic mass is 9.94. The molecule has 0 aliphatic carbocycles. The normalized spacial score (nSPS) is 17.4. The molecule has 4 nitrogen and oxygen atoms in total. The molecule has 1 amide bonds. The van der Waals surface area contributed by atoms with Gasteiger partial charge in [0, 0.05) is 13.1 Å². The SMILES string of the molecule is CCNC(C)(CCCCN1Cc2ccccc2C1)C(N)=O. The summed E-state index contributed by atoms with van der Waals surface area (Å²) in [7, 11) is 0. The summed E-state index contributed by atoms with van der Waals surface area (Å²) in [5.74, 6) is -0.252. The van der Waals surface area contributed by atoms with Gasteiger partial charge in [0.2, 0.25) is 5.91 Å². The topological polar surface area (TPSA) is 58.4 Å². The molecule has 0 saturated heterocycles. The standard InChI is InChI=1S/C17H27N3O/c1-3-19-17(2,16(18)21)10-6-7-11-20-12-14-8-4-5-9-15(14)13-20/h4-5,8-9,19H,3,6-7,10-13H2,1-2H3,(H2,18,21). The van der Waals surface area contributed by atoms with Gasteiger partial charge in [-0.2, -0.15) is 0 Å². The first-order valence-corrected chi connectivity index (χ1v) is 7.89. The number of primary amides is 1. The minimum Gasteiger partial charge on any atom is -0.368 e. The molecule has 21 heavy (non-hydrogen) atoms. The van der Waals surface area contributed by atoms with Crippen LogP contribution in [0.3, 0.4) is 0 Å². The van der Waals surface area contributed by atoms with Gasteiger partial charge in [0.1, 0.15) is 0 Å². The zero-order chi connectivity index (χ0) is 15.3. The molecule has 0 aromatic heterocycles. The summed E-state index contributed by atoms with van der Waals surface area (Å²) in [6.07, 6.45) is 2.92. The number of likely N-dealkylation sites (N-methyl/N-ethyl adjacent to an activating group) is 1. The van der Waals surface area contributed by atoms with Crippen molar-refractivity contribution in [3.05, 3.63) is 35.4 Å². The number of carbonyl (C=O) groups excluding carboxylic acids is 1. The van der Waals surface area contributed by atoms with Gasteiger partial charge >= 0.3 is 0 Å². The van der Waals surface area contributed by atoms with Crippen molar-refractivity contribution in [2.24, 2.45) is 5.73 Å². The highest BCUT2D eigenvalue weighted by Crippen LogP contribution is 2.23. The molecule has 1 unspecified atom stereocenters. The van der Waals surface area contributed by atoms with Gasteiger partial charge in [0.05, 0.1) is 5.54 Å². The van der Waals surface area contributed by atoms with E-state index in [0.717, 1.165) is 45.4 Å². The monoisotopic (exact) mass is 289 g/mol. The summed E-state index contributed by atoms with van der Waals surface area (Å²) < 4.78 is 0. The van der Waals surface area contributed by atoms with Crippen molar-refractivity contribution in [1.29, 1.82) is 0 Å². The van der Waals surface area contributed by atoms with Crippen molar-refractivity contribution in [3.8, 4) is 0 Å². The van der Waals surface area contributed by atoms with Crippen molar-refractivity contribution in [2.45, 2.75) is 51.7 Å². The van der Waals surface area contributed by atoms with Gasteiger partial charge < -0.3 is 11.1 Å². The Morgan fingerprint density at radius 1 is 1.29 bits per heavy atom. The van der Waals surface area contributed by atoms with E-state index < -0.39 is 5.54 Å². The molecule has 2 rings (SSSR count). The first kappa shape index (κ1) is 16.0. The number of nitrogens with zero attached hydrogens (tertiary/aromatic N) is 1. The summed E-state index contributed by atoms with van der Waals surface area (Å²) in [6, 6.07) is 8.64. The third kappa shape index (κ3) is 4.05. The van der Waals surface area contributed by atoms with Crippen LogP contribution in [0, 0.1) is 0 Å². The summed E-state index contributed by atoms with van der Waals surface area (Å²) in [5.41, 5.74) is 7.84. The van der Waals surface area contributed by atoms with Crippen LogP contribution in [-0.2, 0) is 17.9 Å². The van der Waals surface area contributed by atoms with E-state index in [1.807, 2.05) is 13.8 Å². The maximum Gasteiger partial charge on any atom is 0.237 e. The van der Waals surface area contributed by atoms with E-state index >= 15 is 0 Å². The number of nitrogens with two attached hydrogens (primary N) is 1. The van der Waals surface area contributed by atoms with Gasteiger partial charge in [-0.1, -0.05) is 31.2 Å². The molecule has 0 saturated carbocycles. The van der Waals surface area contributed by atoms with E-state index in [4.69, 9.17) is 5.73 Å². The molecule has 1 aliphatic heterocycles. The number of unbranched alkanes of at least 4 members (excludes halogenated alkanes) is 1. The van der Waals surface area contributed by atoms with Gasteiger partial charge in [-0.3, -0.25) is 9.69 Å². The van der Waals surface area contributed by atoms with Gasteiger partial charge in [0.25, 0.3) is 0 Å². The molecule has 1 atom stereocenters. The number of amides is 1. The lowest BCUT2D eigenvalue weighted by Gasteiger charge is -2.27. The third-order valence-electron chi connectivity index (χ3n) is 4.42. The van der Waals surface area contributed by atoms with Crippen LogP contribution < -0.4 is 11.1 Å². The molecule has 1 heterocycles. The molecule has 0 bridgehead atoms. The Bertz CT molecular complexity index is 464. The average Bonchev–Trinajstić information content (AvgIpc) is 2.86. The van der Waals surface area contributed by atoms with Crippen molar-refractivity contribution in [3.63, 3.8) is 0 Å². The second kappa shape index (κ2) is 7.05. The fourth-order valence-corrected chi connectivity index (χ4v) is 3.06. The molecule has 0 spiro atoms. The number of rotatable bonds is 8. The highest BCUT2D eigenvalue weighted by Gasteiger charge is 2.29. The minimum atomic E-state index is -0.567. The molecule has 116 valence electrons. The number of hydrogen-bond donors (Lipinski definition) is 2. The lowest BCUT2D eigenvalue weighted by molar-refractivity contribution is -0.124. The summed E-state index contributed by atoms with van der Waals surface area (Å²) >= 11 is 0. The first-order chi connectivity index (χ1) is 10.0. The Morgan fingerprint density at radius 3 is 2.43 bits per heavy atom. The fourth-order valence-electron chi connectivity index (χ4n) is 3.06. The summed E-state index contributed by atoms with van der Waals surface area (Å²) in [5, 5.41) is 3.21. The minimum absolute atomic E-state index is 0.252. The number of carbonyl (C=O) groups is 1. The Kier molecular flexibility index (Phi) is 5.37. The maximum absolute atomic E-state index is 11.6. The number of hydrogen-bond acceptors (Lipinski definition) is 3. The number of benzene rings is 1. The second-order valence-corrected chi connectivity index (χ2v) is 6.16. The Labute approximate surface area is 127 Å². The molecule has 3 N–H and O–H groups in total. The zero-order valence-electron chi connectivity index (χ0n) is 13.2. The summed E-state index contributed by atoms with van der Waals surface area (Å²) in [4.78, 5) is 14.0. The zero-order valence-corrected chi connectivity index (χ0v) is 13.2. The van der Waals surface area contributed by atoms with Crippen LogP contribution in [0.15, 0.2) is 24.3 Å². The van der Waals surface area contributed by atoms with E-state index in [2.05, 4.69) is 34.5 Å². The van der Waals surface area contributed by atoms with Crippen LogP contribution in [-0.4, -0.2) is 29.4 Å². The Hall–Kier alpha value is -1.39. The Balaban J connectivity index is 1.72. The predicted octanol–water partition coefficient (Wildman–Crippen LogP) is 2.03.